The number of rotatable bonds is 6. The second-order valence-electron chi connectivity index (χ2n) is 6.08. The molecule has 2 aromatic rings. The standard InChI is InChI=1S/C18H23N3O4S/c1-24-15-7-8-17(16(12-15)25-2)26(22,23)20-14-6-9-18(19-13-14)21-10-4-3-5-11-21/h6-9,12-13,20H,3-5,10-11H2,1-2H3. The van der Waals surface area contributed by atoms with Gasteiger partial charge in [0.15, 0.2) is 0 Å². The Hall–Kier alpha value is -2.48. The normalized spacial score (nSPS) is 14.8. The fourth-order valence-corrected chi connectivity index (χ4v) is 4.16. The summed E-state index contributed by atoms with van der Waals surface area (Å²) in [6, 6.07) is 8.13. The van der Waals surface area contributed by atoms with E-state index in [1.54, 1.807) is 12.1 Å². The molecule has 0 aliphatic carbocycles. The van der Waals surface area contributed by atoms with E-state index < -0.39 is 10.0 Å². The first-order valence-electron chi connectivity index (χ1n) is 8.49. The number of sulfonamides is 1. The van der Waals surface area contributed by atoms with Gasteiger partial charge in [-0.05, 0) is 43.5 Å². The molecule has 26 heavy (non-hydrogen) atoms. The summed E-state index contributed by atoms with van der Waals surface area (Å²) in [4.78, 5) is 6.66. The molecule has 1 aromatic heterocycles. The minimum atomic E-state index is -3.80. The van der Waals surface area contributed by atoms with Crippen molar-refractivity contribution in [1.82, 2.24) is 4.98 Å². The first-order chi connectivity index (χ1) is 12.5. The first-order valence-corrected chi connectivity index (χ1v) is 9.97. The molecule has 0 radical (unpaired) electrons. The van der Waals surface area contributed by atoms with E-state index in [1.807, 2.05) is 6.07 Å². The van der Waals surface area contributed by atoms with Gasteiger partial charge in [0.1, 0.15) is 22.2 Å². The third-order valence-corrected chi connectivity index (χ3v) is 5.76. The lowest BCUT2D eigenvalue weighted by atomic mass is 10.1. The van der Waals surface area contributed by atoms with Gasteiger partial charge < -0.3 is 14.4 Å². The number of piperidine rings is 1. The van der Waals surface area contributed by atoms with E-state index in [0.717, 1.165) is 31.7 Å². The molecule has 1 N–H and O–H groups in total. The van der Waals surface area contributed by atoms with Crippen molar-refractivity contribution in [2.45, 2.75) is 24.2 Å². The van der Waals surface area contributed by atoms with Crippen LogP contribution >= 0.6 is 0 Å². The van der Waals surface area contributed by atoms with E-state index in [-0.39, 0.29) is 10.6 Å². The average molecular weight is 377 g/mol. The van der Waals surface area contributed by atoms with Crippen molar-refractivity contribution >= 4 is 21.5 Å². The monoisotopic (exact) mass is 377 g/mol. The van der Waals surface area contributed by atoms with E-state index in [1.165, 1.54) is 39.0 Å². The number of anilines is 2. The number of pyridine rings is 1. The molecule has 8 heteroatoms. The highest BCUT2D eigenvalue weighted by atomic mass is 32.2. The Labute approximate surface area is 154 Å². The van der Waals surface area contributed by atoms with Crippen LogP contribution in [0.1, 0.15) is 19.3 Å². The third-order valence-electron chi connectivity index (χ3n) is 4.34. The lowest BCUT2D eigenvalue weighted by Gasteiger charge is -2.27. The van der Waals surface area contributed by atoms with Crippen LogP contribution in [-0.2, 0) is 10.0 Å². The molecule has 0 atom stereocenters. The lowest BCUT2D eigenvalue weighted by molar-refractivity contribution is 0.386. The van der Waals surface area contributed by atoms with Gasteiger partial charge in [-0.15, -0.1) is 0 Å². The molecular weight excluding hydrogens is 354 g/mol. The smallest absolute Gasteiger partial charge is 0.265 e. The Bertz CT molecular complexity index is 847. The molecule has 0 spiro atoms. The van der Waals surface area contributed by atoms with Gasteiger partial charge in [0.25, 0.3) is 10.0 Å². The fourth-order valence-electron chi connectivity index (χ4n) is 2.96. The highest BCUT2D eigenvalue weighted by Gasteiger charge is 2.21. The Morgan fingerprint density at radius 3 is 2.42 bits per heavy atom. The Balaban J connectivity index is 1.79. The van der Waals surface area contributed by atoms with Crippen LogP contribution in [0.4, 0.5) is 11.5 Å². The predicted octanol–water partition coefficient (Wildman–Crippen LogP) is 2.89. The fraction of sp³-hybridized carbons (Fsp3) is 0.389. The molecule has 0 saturated carbocycles. The van der Waals surface area contributed by atoms with Crippen molar-refractivity contribution in [3.63, 3.8) is 0 Å². The van der Waals surface area contributed by atoms with Gasteiger partial charge in [-0.3, -0.25) is 4.72 Å². The Morgan fingerprint density at radius 2 is 1.81 bits per heavy atom. The van der Waals surface area contributed by atoms with Gasteiger partial charge in [0, 0.05) is 19.2 Å². The quantitative estimate of drug-likeness (QED) is 0.834. The number of hydrogen-bond donors (Lipinski definition) is 1. The van der Waals surface area contributed by atoms with Gasteiger partial charge >= 0.3 is 0 Å². The molecule has 1 fully saturated rings. The molecular formula is C18H23N3O4S. The van der Waals surface area contributed by atoms with Crippen LogP contribution in [0.5, 0.6) is 11.5 Å². The van der Waals surface area contributed by atoms with E-state index in [9.17, 15) is 8.42 Å². The minimum Gasteiger partial charge on any atom is -0.497 e. The number of nitrogens with one attached hydrogen (secondary N) is 1. The van der Waals surface area contributed by atoms with Crippen LogP contribution in [-0.4, -0.2) is 40.7 Å². The van der Waals surface area contributed by atoms with E-state index in [2.05, 4.69) is 14.6 Å². The molecule has 0 unspecified atom stereocenters. The summed E-state index contributed by atoms with van der Waals surface area (Å²) in [5.74, 6) is 1.61. The zero-order chi connectivity index (χ0) is 18.6. The van der Waals surface area contributed by atoms with Crippen molar-refractivity contribution in [2.75, 3.05) is 36.9 Å². The summed E-state index contributed by atoms with van der Waals surface area (Å²) in [7, 11) is -0.873. The number of methoxy groups -OCH3 is 2. The number of ether oxygens (including phenoxy) is 2. The van der Waals surface area contributed by atoms with E-state index in [4.69, 9.17) is 9.47 Å². The van der Waals surface area contributed by atoms with Gasteiger partial charge in [0.2, 0.25) is 0 Å². The zero-order valence-corrected chi connectivity index (χ0v) is 15.8. The van der Waals surface area contributed by atoms with Gasteiger partial charge in [0.05, 0.1) is 26.1 Å². The molecule has 1 aliphatic heterocycles. The molecule has 1 aliphatic rings. The van der Waals surface area contributed by atoms with Crippen molar-refractivity contribution in [1.29, 1.82) is 0 Å². The summed E-state index contributed by atoms with van der Waals surface area (Å²) < 4.78 is 38.2. The van der Waals surface area contributed by atoms with E-state index >= 15 is 0 Å². The van der Waals surface area contributed by atoms with Crippen LogP contribution in [0.2, 0.25) is 0 Å². The van der Waals surface area contributed by atoms with Crippen LogP contribution in [0, 0.1) is 0 Å². The number of aromatic nitrogens is 1. The molecule has 7 nitrogen and oxygen atoms in total. The SMILES string of the molecule is COc1ccc(S(=O)(=O)Nc2ccc(N3CCCCC3)nc2)c(OC)c1. The predicted molar refractivity (Wildman–Crippen MR) is 101 cm³/mol. The Kier molecular flexibility index (Phi) is 5.51. The molecule has 1 aromatic carbocycles. The van der Waals surface area contributed by atoms with Gasteiger partial charge in [-0.1, -0.05) is 0 Å². The van der Waals surface area contributed by atoms with Crippen LogP contribution in [0.25, 0.3) is 0 Å². The molecule has 1 saturated heterocycles. The van der Waals surface area contributed by atoms with Crippen molar-refractivity contribution < 1.29 is 17.9 Å². The summed E-state index contributed by atoms with van der Waals surface area (Å²) in [5.41, 5.74) is 0.406. The van der Waals surface area contributed by atoms with Crippen LogP contribution in [0.15, 0.2) is 41.4 Å². The number of hydrogen-bond acceptors (Lipinski definition) is 6. The maximum absolute atomic E-state index is 12.7. The maximum Gasteiger partial charge on any atom is 0.265 e. The second-order valence-corrected chi connectivity index (χ2v) is 7.73. The zero-order valence-electron chi connectivity index (χ0n) is 14.9. The number of nitrogens with zero attached hydrogens (tertiary/aromatic N) is 2. The first kappa shape index (κ1) is 18.3. The summed E-state index contributed by atoms with van der Waals surface area (Å²) in [6.45, 7) is 1.97. The van der Waals surface area contributed by atoms with Gasteiger partial charge in [-0.25, -0.2) is 13.4 Å². The Morgan fingerprint density at radius 1 is 1.04 bits per heavy atom. The van der Waals surface area contributed by atoms with Crippen molar-refractivity contribution in [3.8, 4) is 11.5 Å². The van der Waals surface area contributed by atoms with Gasteiger partial charge in [-0.2, -0.15) is 0 Å². The summed E-state index contributed by atoms with van der Waals surface area (Å²) in [5, 5.41) is 0. The molecule has 3 rings (SSSR count). The minimum absolute atomic E-state index is 0.0425. The molecule has 140 valence electrons. The summed E-state index contributed by atoms with van der Waals surface area (Å²) >= 11 is 0. The maximum atomic E-state index is 12.7. The second kappa shape index (κ2) is 7.82. The van der Waals surface area contributed by atoms with Crippen LogP contribution in [0.3, 0.4) is 0 Å². The average Bonchev–Trinajstić information content (AvgIpc) is 2.68. The number of benzene rings is 1. The summed E-state index contributed by atoms with van der Waals surface area (Å²) in [6.07, 6.45) is 5.11. The van der Waals surface area contributed by atoms with E-state index in [0.29, 0.717) is 11.4 Å². The molecule has 0 bridgehead atoms. The van der Waals surface area contributed by atoms with Crippen LogP contribution < -0.4 is 19.1 Å². The molecule has 2 heterocycles. The lowest BCUT2D eigenvalue weighted by Crippen LogP contribution is -2.30. The van der Waals surface area contributed by atoms with Crippen molar-refractivity contribution in [3.05, 3.63) is 36.5 Å². The highest BCUT2D eigenvalue weighted by Crippen LogP contribution is 2.30. The topological polar surface area (TPSA) is 80.8 Å². The largest absolute Gasteiger partial charge is 0.497 e. The molecule has 0 amide bonds. The third kappa shape index (κ3) is 4.01. The van der Waals surface area contributed by atoms with Crippen molar-refractivity contribution in [2.24, 2.45) is 0 Å². The highest BCUT2D eigenvalue weighted by molar-refractivity contribution is 7.92.